The maximum absolute atomic E-state index is 13.5. The molecule has 1 aromatic carbocycles. The summed E-state index contributed by atoms with van der Waals surface area (Å²) in [5.41, 5.74) is 7.83. The molecule has 3 aromatic rings. The number of imide groups is 1. The van der Waals surface area contributed by atoms with Crippen molar-refractivity contribution >= 4 is 45.3 Å². The number of aromatic nitrogens is 2. The minimum absolute atomic E-state index is 0.124. The summed E-state index contributed by atoms with van der Waals surface area (Å²) in [6.07, 6.45) is 1.62. The van der Waals surface area contributed by atoms with E-state index >= 15 is 0 Å². The lowest BCUT2D eigenvalue weighted by Gasteiger charge is -2.20. The van der Waals surface area contributed by atoms with E-state index in [0.717, 1.165) is 28.5 Å². The molecule has 0 aliphatic carbocycles. The highest BCUT2D eigenvalue weighted by molar-refractivity contribution is 8.00. The number of allylic oxidation sites excluding steroid dienone is 1. The van der Waals surface area contributed by atoms with Crippen LogP contribution in [0.2, 0.25) is 0 Å². The number of amides is 3. The number of hydrogen-bond donors (Lipinski definition) is 2. The Labute approximate surface area is 188 Å². The Morgan fingerprint density at radius 3 is 2.58 bits per heavy atom. The van der Waals surface area contributed by atoms with E-state index in [1.165, 1.54) is 15.9 Å². The van der Waals surface area contributed by atoms with Crippen molar-refractivity contribution in [2.75, 3.05) is 0 Å². The minimum atomic E-state index is -0.913. The summed E-state index contributed by atoms with van der Waals surface area (Å²) < 4.78 is 1.51. The molecule has 0 saturated carbocycles. The van der Waals surface area contributed by atoms with Crippen molar-refractivity contribution in [3.8, 4) is 11.1 Å². The highest BCUT2D eigenvalue weighted by Crippen LogP contribution is 2.34. The second-order valence-electron chi connectivity index (χ2n) is 7.43. The zero-order valence-electron chi connectivity index (χ0n) is 17.5. The quantitative estimate of drug-likeness (QED) is 0.318. The third kappa shape index (κ3) is 4.88. The molecule has 3 amide bonds. The molecule has 0 bridgehead atoms. The molecule has 0 aliphatic heterocycles. The molecule has 9 heteroatoms. The number of thioether (sulfide) groups is 1. The topological polar surface area (TPSA) is 107 Å². The zero-order chi connectivity index (χ0) is 22.7. The van der Waals surface area contributed by atoms with Gasteiger partial charge in [-0.1, -0.05) is 61.5 Å². The Balaban J connectivity index is 2.12. The van der Waals surface area contributed by atoms with E-state index in [9.17, 15) is 14.4 Å². The van der Waals surface area contributed by atoms with Crippen molar-refractivity contribution in [3.63, 3.8) is 0 Å². The van der Waals surface area contributed by atoms with Crippen LogP contribution in [0.1, 0.15) is 19.4 Å². The van der Waals surface area contributed by atoms with Crippen molar-refractivity contribution in [3.05, 3.63) is 58.2 Å². The number of nitrogens with one attached hydrogen (secondary N) is 1. The van der Waals surface area contributed by atoms with E-state index in [-0.39, 0.29) is 18.0 Å². The fourth-order valence-electron chi connectivity index (χ4n) is 3.13. The molecule has 3 rings (SSSR count). The molecule has 1 unspecified atom stereocenters. The SMILES string of the molecule is C=CCn1c(SC(C(=O)NC(N)=O)C(C)C)nc2scc(-c3ccc(C)cc3)c2c1=O. The van der Waals surface area contributed by atoms with Gasteiger partial charge in [0, 0.05) is 17.5 Å². The first-order chi connectivity index (χ1) is 14.7. The van der Waals surface area contributed by atoms with Gasteiger partial charge < -0.3 is 5.73 Å². The number of benzene rings is 1. The lowest BCUT2D eigenvalue weighted by Crippen LogP contribution is -2.42. The van der Waals surface area contributed by atoms with Crippen molar-refractivity contribution in [2.24, 2.45) is 11.7 Å². The van der Waals surface area contributed by atoms with Crippen LogP contribution in [0.5, 0.6) is 0 Å². The summed E-state index contributed by atoms with van der Waals surface area (Å²) in [4.78, 5) is 42.4. The predicted octanol–water partition coefficient (Wildman–Crippen LogP) is 3.93. The first-order valence-corrected chi connectivity index (χ1v) is 11.5. The van der Waals surface area contributed by atoms with E-state index in [0.29, 0.717) is 15.4 Å². The molecule has 2 aromatic heterocycles. The van der Waals surface area contributed by atoms with Crippen LogP contribution < -0.4 is 16.6 Å². The van der Waals surface area contributed by atoms with Crippen LogP contribution in [0, 0.1) is 12.8 Å². The van der Waals surface area contributed by atoms with Crippen LogP contribution in [-0.4, -0.2) is 26.7 Å². The number of rotatable bonds is 7. The molecule has 0 saturated heterocycles. The second-order valence-corrected chi connectivity index (χ2v) is 9.40. The summed E-state index contributed by atoms with van der Waals surface area (Å²) in [5.74, 6) is -0.640. The number of nitrogens with zero attached hydrogens (tertiary/aromatic N) is 2. The highest BCUT2D eigenvalue weighted by atomic mass is 32.2. The minimum Gasteiger partial charge on any atom is -0.351 e. The Hall–Kier alpha value is -2.91. The standard InChI is InChI=1S/C22H24N4O3S2/c1-5-10-26-20(28)16-15(14-8-6-13(4)7-9-14)11-30-19(16)25-22(26)31-17(12(2)3)18(27)24-21(23)29/h5-9,11-12,17H,1,10H2,2-4H3,(H3,23,24,27,29). The summed E-state index contributed by atoms with van der Waals surface area (Å²) in [7, 11) is 0. The van der Waals surface area contributed by atoms with Crippen LogP contribution in [0.15, 0.2) is 52.3 Å². The number of carbonyl (C=O) groups is 2. The van der Waals surface area contributed by atoms with Crippen molar-refractivity contribution in [1.82, 2.24) is 14.9 Å². The molecule has 0 fully saturated rings. The molecule has 0 aliphatic rings. The largest absolute Gasteiger partial charge is 0.351 e. The van der Waals surface area contributed by atoms with Gasteiger partial charge in [0.05, 0.1) is 10.6 Å². The lowest BCUT2D eigenvalue weighted by atomic mass is 10.1. The third-order valence-electron chi connectivity index (χ3n) is 4.68. The van der Waals surface area contributed by atoms with Gasteiger partial charge in [0.15, 0.2) is 5.16 Å². The van der Waals surface area contributed by atoms with Crippen LogP contribution >= 0.6 is 23.1 Å². The second kappa shape index (κ2) is 9.49. The predicted molar refractivity (Wildman–Crippen MR) is 126 cm³/mol. The van der Waals surface area contributed by atoms with Crippen molar-refractivity contribution < 1.29 is 9.59 Å². The Morgan fingerprint density at radius 2 is 2.00 bits per heavy atom. The fraction of sp³-hybridized carbons (Fsp3) is 0.273. The van der Waals surface area contributed by atoms with Gasteiger partial charge in [-0.05, 0) is 18.4 Å². The van der Waals surface area contributed by atoms with Gasteiger partial charge in [0.25, 0.3) is 5.56 Å². The maximum Gasteiger partial charge on any atom is 0.318 e. The van der Waals surface area contributed by atoms with E-state index in [1.807, 2.05) is 50.4 Å². The number of urea groups is 1. The molecule has 31 heavy (non-hydrogen) atoms. The summed E-state index contributed by atoms with van der Waals surface area (Å²) >= 11 is 2.52. The number of aryl methyl sites for hydroxylation is 1. The van der Waals surface area contributed by atoms with Gasteiger partial charge in [0.1, 0.15) is 4.83 Å². The fourth-order valence-corrected chi connectivity index (χ4v) is 5.22. The average molecular weight is 457 g/mol. The first kappa shape index (κ1) is 22.8. The third-order valence-corrected chi connectivity index (χ3v) is 7.08. The average Bonchev–Trinajstić information content (AvgIpc) is 3.12. The molecule has 0 radical (unpaired) electrons. The van der Waals surface area contributed by atoms with Gasteiger partial charge in [-0.25, -0.2) is 9.78 Å². The lowest BCUT2D eigenvalue weighted by molar-refractivity contribution is -0.120. The summed E-state index contributed by atoms with van der Waals surface area (Å²) in [5, 5.41) is 4.34. The van der Waals surface area contributed by atoms with Gasteiger partial charge in [-0.15, -0.1) is 17.9 Å². The molecule has 0 spiro atoms. The Morgan fingerprint density at radius 1 is 1.32 bits per heavy atom. The molecular formula is C22H24N4O3S2. The normalized spacial score (nSPS) is 12.1. The Bertz CT molecular complexity index is 1200. The van der Waals surface area contributed by atoms with Crippen LogP contribution in [-0.2, 0) is 11.3 Å². The first-order valence-electron chi connectivity index (χ1n) is 9.69. The Kier molecular flexibility index (Phi) is 6.97. The molecule has 162 valence electrons. The van der Waals surface area contributed by atoms with Gasteiger partial charge in [-0.3, -0.25) is 19.5 Å². The van der Waals surface area contributed by atoms with Crippen molar-refractivity contribution in [2.45, 2.75) is 37.7 Å². The molecule has 7 nitrogen and oxygen atoms in total. The summed E-state index contributed by atoms with van der Waals surface area (Å²) in [6.45, 7) is 9.72. The number of hydrogen-bond acceptors (Lipinski definition) is 6. The molecule has 2 heterocycles. The van der Waals surface area contributed by atoms with Crippen LogP contribution in [0.4, 0.5) is 4.79 Å². The van der Waals surface area contributed by atoms with Gasteiger partial charge in [-0.2, -0.15) is 0 Å². The van der Waals surface area contributed by atoms with E-state index in [1.54, 1.807) is 6.08 Å². The molecule has 3 N–H and O–H groups in total. The van der Waals surface area contributed by atoms with E-state index in [2.05, 4.69) is 11.9 Å². The van der Waals surface area contributed by atoms with E-state index in [4.69, 9.17) is 10.7 Å². The van der Waals surface area contributed by atoms with Crippen LogP contribution in [0.25, 0.3) is 21.3 Å². The van der Waals surface area contributed by atoms with Gasteiger partial charge in [0.2, 0.25) is 5.91 Å². The summed E-state index contributed by atoms with van der Waals surface area (Å²) in [6, 6.07) is 7.07. The molecular weight excluding hydrogens is 432 g/mol. The zero-order valence-corrected chi connectivity index (χ0v) is 19.2. The number of fused-ring (bicyclic) bond motifs is 1. The van der Waals surface area contributed by atoms with Crippen molar-refractivity contribution in [1.29, 1.82) is 0 Å². The van der Waals surface area contributed by atoms with Crippen LogP contribution in [0.3, 0.4) is 0 Å². The number of thiophene rings is 1. The smallest absolute Gasteiger partial charge is 0.318 e. The number of carbonyl (C=O) groups excluding carboxylic acids is 2. The van der Waals surface area contributed by atoms with E-state index < -0.39 is 17.2 Å². The molecule has 1 atom stereocenters. The monoisotopic (exact) mass is 456 g/mol. The maximum atomic E-state index is 13.5. The van der Waals surface area contributed by atoms with Gasteiger partial charge >= 0.3 is 6.03 Å². The number of nitrogens with two attached hydrogens (primary N) is 1. The number of primary amides is 1. The highest BCUT2D eigenvalue weighted by Gasteiger charge is 2.27.